The summed E-state index contributed by atoms with van der Waals surface area (Å²) in [6, 6.07) is 5.34. The SMILES string of the molecule is C=CC=NC(=NC)c1cccc(Cl)c1C(=O)N1CCC[C@@H](C)[C@H]1CN. The molecule has 0 spiro atoms. The molecule has 6 heteroatoms. The maximum Gasteiger partial charge on any atom is 0.256 e. The number of amides is 1. The van der Waals surface area contributed by atoms with E-state index >= 15 is 0 Å². The second-order valence-corrected chi connectivity index (χ2v) is 6.55. The zero-order valence-electron chi connectivity index (χ0n) is 14.8. The van der Waals surface area contributed by atoms with Gasteiger partial charge in [-0.3, -0.25) is 9.79 Å². The summed E-state index contributed by atoms with van der Waals surface area (Å²) in [5, 5.41) is 0.395. The zero-order valence-corrected chi connectivity index (χ0v) is 15.5. The molecular formula is C19H25ClN4O. The normalized spacial score (nSPS) is 21.6. The number of amidine groups is 1. The first-order valence-corrected chi connectivity index (χ1v) is 8.84. The van der Waals surface area contributed by atoms with Crippen LogP contribution in [-0.2, 0) is 0 Å². The number of aliphatic imine (C=N–C) groups is 2. The lowest BCUT2D eigenvalue weighted by Crippen LogP contribution is -2.51. The predicted molar refractivity (Wildman–Crippen MR) is 105 cm³/mol. The molecule has 1 aromatic rings. The van der Waals surface area contributed by atoms with E-state index in [2.05, 4.69) is 23.5 Å². The van der Waals surface area contributed by atoms with Gasteiger partial charge in [0.1, 0.15) is 0 Å². The monoisotopic (exact) mass is 360 g/mol. The van der Waals surface area contributed by atoms with Crippen LogP contribution < -0.4 is 5.73 Å². The van der Waals surface area contributed by atoms with Gasteiger partial charge in [-0.2, -0.15) is 0 Å². The number of hydrogen-bond donors (Lipinski definition) is 1. The maximum absolute atomic E-state index is 13.3. The molecule has 25 heavy (non-hydrogen) atoms. The van der Waals surface area contributed by atoms with E-state index in [1.165, 1.54) is 0 Å². The standard InChI is InChI=1S/C19H25ClN4O/c1-4-10-23-18(22-3)14-8-5-9-15(20)17(14)19(25)24-11-6-7-13(2)16(24)12-21/h4-5,8-10,13,16H,1,6-7,11-12,21H2,2-3H3/t13-,16-/m1/s1. The van der Waals surface area contributed by atoms with Gasteiger partial charge in [0.2, 0.25) is 0 Å². The minimum absolute atomic E-state index is 0.0177. The van der Waals surface area contributed by atoms with Crippen molar-refractivity contribution in [3.8, 4) is 0 Å². The molecule has 2 atom stereocenters. The Bertz CT molecular complexity index is 699. The Hall–Kier alpha value is -1.98. The minimum Gasteiger partial charge on any atom is -0.334 e. The molecule has 0 bridgehead atoms. The number of carbonyl (C=O) groups is 1. The van der Waals surface area contributed by atoms with E-state index in [0.717, 1.165) is 12.8 Å². The Morgan fingerprint density at radius 1 is 1.52 bits per heavy atom. The summed E-state index contributed by atoms with van der Waals surface area (Å²) in [4.78, 5) is 23.6. The van der Waals surface area contributed by atoms with Crippen molar-refractivity contribution >= 4 is 29.6 Å². The molecule has 1 aliphatic rings. The van der Waals surface area contributed by atoms with Gasteiger partial charge >= 0.3 is 0 Å². The first-order chi connectivity index (χ1) is 12.0. The number of nitrogens with two attached hydrogens (primary N) is 1. The number of allylic oxidation sites excluding steroid dienone is 1. The number of rotatable bonds is 4. The largest absolute Gasteiger partial charge is 0.334 e. The van der Waals surface area contributed by atoms with E-state index in [1.54, 1.807) is 31.5 Å². The molecule has 0 saturated carbocycles. The fraction of sp³-hybridized carbons (Fsp3) is 0.421. The fourth-order valence-corrected chi connectivity index (χ4v) is 3.56. The third-order valence-electron chi connectivity index (χ3n) is 4.60. The van der Waals surface area contributed by atoms with Gasteiger partial charge in [-0.15, -0.1) is 0 Å². The molecule has 1 aromatic carbocycles. The molecular weight excluding hydrogens is 336 g/mol. The third-order valence-corrected chi connectivity index (χ3v) is 4.92. The summed E-state index contributed by atoms with van der Waals surface area (Å²) >= 11 is 6.40. The highest BCUT2D eigenvalue weighted by atomic mass is 35.5. The van der Waals surface area contributed by atoms with Crippen LogP contribution in [-0.4, -0.2) is 49.0 Å². The molecule has 0 radical (unpaired) electrons. The summed E-state index contributed by atoms with van der Waals surface area (Å²) in [6.45, 7) is 6.88. The first kappa shape index (κ1) is 19.3. The van der Waals surface area contributed by atoms with Crippen LogP contribution in [0.25, 0.3) is 0 Å². The van der Waals surface area contributed by atoms with Crippen LogP contribution in [0.3, 0.4) is 0 Å². The summed E-state index contributed by atoms with van der Waals surface area (Å²) in [5.74, 6) is 0.699. The molecule has 0 aliphatic carbocycles. The van der Waals surface area contributed by atoms with Gasteiger partial charge in [-0.25, -0.2) is 4.99 Å². The molecule has 2 N–H and O–H groups in total. The molecule has 1 fully saturated rings. The summed E-state index contributed by atoms with van der Waals surface area (Å²) < 4.78 is 0. The van der Waals surface area contributed by atoms with Crippen molar-refractivity contribution < 1.29 is 4.79 Å². The number of benzene rings is 1. The summed E-state index contributed by atoms with van der Waals surface area (Å²) in [7, 11) is 1.64. The van der Waals surface area contributed by atoms with Crippen LogP contribution in [0.4, 0.5) is 0 Å². The average Bonchev–Trinajstić information content (AvgIpc) is 2.61. The van der Waals surface area contributed by atoms with Gasteiger partial charge in [0.05, 0.1) is 10.6 Å². The molecule has 0 unspecified atom stereocenters. The van der Waals surface area contributed by atoms with Crippen molar-refractivity contribution in [2.24, 2.45) is 21.6 Å². The van der Waals surface area contributed by atoms with Crippen molar-refractivity contribution in [1.29, 1.82) is 0 Å². The summed E-state index contributed by atoms with van der Waals surface area (Å²) in [5.41, 5.74) is 6.99. The van der Waals surface area contributed by atoms with Crippen molar-refractivity contribution in [3.05, 3.63) is 47.0 Å². The number of likely N-dealkylation sites (tertiary alicyclic amines) is 1. The minimum atomic E-state index is -0.113. The van der Waals surface area contributed by atoms with Crippen LogP contribution >= 0.6 is 11.6 Å². The lowest BCUT2D eigenvalue weighted by atomic mass is 9.90. The van der Waals surface area contributed by atoms with Crippen LogP contribution in [0.5, 0.6) is 0 Å². The molecule has 2 rings (SSSR count). The van der Waals surface area contributed by atoms with Crippen molar-refractivity contribution in [2.45, 2.75) is 25.8 Å². The number of halogens is 1. The summed E-state index contributed by atoms with van der Waals surface area (Å²) in [6.07, 6.45) is 5.15. The molecule has 134 valence electrons. The smallest absolute Gasteiger partial charge is 0.256 e. The van der Waals surface area contributed by atoms with Crippen molar-refractivity contribution in [2.75, 3.05) is 20.1 Å². The second-order valence-electron chi connectivity index (χ2n) is 6.14. The molecule has 1 heterocycles. The maximum atomic E-state index is 13.3. The van der Waals surface area contributed by atoms with Crippen LogP contribution in [0.2, 0.25) is 5.02 Å². The first-order valence-electron chi connectivity index (χ1n) is 8.46. The molecule has 1 amide bonds. The van der Waals surface area contributed by atoms with Crippen molar-refractivity contribution in [1.82, 2.24) is 4.90 Å². The third kappa shape index (κ3) is 4.17. The van der Waals surface area contributed by atoms with E-state index in [4.69, 9.17) is 17.3 Å². The lowest BCUT2D eigenvalue weighted by molar-refractivity contribution is 0.0532. The van der Waals surface area contributed by atoms with Gasteiger partial charge < -0.3 is 10.6 Å². The number of hydrogen-bond acceptors (Lipinski definition) is 3. The molecule has 5 nitrogen and oxygen atoms in total. The highest BCUT2D eigenvalue weighted by Crippen LogP contribution is 2.28. The van der Waals surface area contributed by atoms with Gasteiger partial charge in [-0.05, 0) is 24.8 Å². The fourth-order valence-electron chi connectivity index (χ4n) is 3.30. The Morgan fingerprint density at radius 3 is 2.92 bits per heavy atom. The van der Waals surface area contributed by atoms with Gasteiger partial charge in [0.25, 0.3) is 5.91 Å². The highest BCUT2D eigenvalue weighted by molar-refractivity contribution is 6.35. The van der Waals surface area contributed by atoms with Crippen molar-refractivity contribution in [3.63, 3.8) is 0 Å². The Labute approximate surface area is 154 Å². The van der Waals surface area contributed by atoms with Crippen LogP contribution in [0.15, 0.2) is 40.8 Å². The van der Waals surface area contributed by atoms with E-state index in [0.29, 0.717) is 41.0 Å². The van der Waals surface area contributed by atoms with Crippen LogP contribution in [0, 0.1) is 5.92 Å². The second kappa shape index (κ2) is 8.92. The van der Waals surface area contributed by atoms with Gasteiger partial charge in [-0.1, -0.05) is 43.3 Å². The Morgan fingerprint density at radius 2 is 2.28 bits per heavy atom. The van der Waals surface area contributed by atoms with E-state index in [-0.39, 0.29) is 11.9 Å². The topological polar surface area (TPSA) is 71.0 Å². The Kier molecular flexibility index (Phi) is 6.91. The highest BCUT2D eigenvalue weighted by Gasteiger charge is 2.33. The van der Waals surface area contributed by atoms with E-state index < -0.39 is 0 Å². The average molecular weight is 361 g/mol. The zero-order chi connectivity index (χ0) is 18.4. The van der Waals surface area contributed by atoms with E-state index in [9.17, 15) is 4.79 Å². The molecule has 0 aromatic heterocycles. The number of piperidine rings is 1. The lowest BCUT2D eigenvalue weighted by Gasteiger charge is -2.39. The molecule has 1 aliphatic heterocycles. The Balaban J connectivity index is 2.49. The predicted octanol–water partition coefficient (Wildman–Crippen LogP) is 3.17. The van der Waals surface area contributed by atoms with Crippen LogP contribution in [0.1, 0.15) is 35.7 Å². The van der Waals surface area contributed by atoms with E-state index in [1.807, 2.05) is 11.0 Å². The van der Waals surface area contributed by atoms with Gasteiger partial charge in [0.15, 0.2) is 5.84 Å². The van der Waals surface area contributed by atoms with Gasteiger partial charge in [0, 0.05) is 38.0 Å². The quantitative estimate of drug-likeness (QED) is 0.661. The number of carbonyl (C=O) groups excluding carboxylic acids is 1. The molecule has 1 saturated heterocycles. The number of nitrogens with zero attached hydrogens (tertiary/aromatic N) is 3.